The Kier molecular flexibility index (Phi) is 6.85. The van der Waals surface area contributed by atoms with Crippen LogP contribution in [0.4, 0.5) is 0 Å². The SMILES string of the molecule is COCC(C)CNS(=O)(=O)c1ccc(C)cc1C#CCN. The Balaban J connectivity index is 3.02. The number of aryl methyl sites for hydroxylation is 1. The number of rotatable bonds is 6. The van der Waals surface area contributed by atoms with E-state index in [0.717, 1.165) is 5.56 Å². The smallest absolute Gasteiger partial charge is 0.241 e. The minimum absolute atomic E-state index is 0.0915. The highest BCUT2D eigenvalue weighted by Gasteiger charge is 2.18. The van der Waals surface area contributed by atoms with E-state index < -0.39 is 10.0 Å². The van der Waals surface area contributed by atoms with Crippen LogP contribution in [0, 0.1) is 24.7 Å². The number of nitrogens with two attached hydrogens (primary N) is 1. The molecule has 0 saturated heterocycles. The number of nitrogens with one attached hydrogen (secondary N) is 1. The second kappa shape index (κ2) is 8.15. The zero-order chi connectivity index (χ0) is 15.9. The summed E-state index contributed by atoms with van der Waals surface area (Å²) in [6.45, 7) is 4.80. The van der Waals surface area contributed by atoms with Crippen LogP contribution < -0.4 is 10.5 Å². The first-order valence-electron chi connectivity index (χ1n) is 6.69. The third-order valence-electron chi connectivity index (χ3n) is 2.82. The van der Waals surface area contributed by atoms with E-state index >= 15 is 0 Å². The third-order valence-corrected chi connectivity index (χ3v) is 4.30. The van der Waals surface area contributed by atoms with Gasteiger partial charge in [0.05, 0.1) is 11.4 Å². The minimum Gasteiger partial charge on any atom is -0.384 e. The molecule has 5 nitrogen and oxygen atoms in total. The van der Waals surface area contributed by atoms with Crippen LogP contribution in [-0.4, -0.2) is 35.2 Å². The molecule has 1 unspecified atom stereocenters. The molecule has 6 heteroatoms. The predicted octanol–water partition coefficient (Wildman–Crippen LogP) is 0.866. The first kappa shape index (κ1) is 17.7. The molecule has 1 rings (SSSR count). The standard InChI is InChI=1S/C15H22N2O3S/c1-12-6-7-15(14(9-12)5-4-8-16)21(18,19)17-10-13(2)11-20-3/h6-7,9,13,17H,8,10-11,16H2,1-3H3. The van der Waals surface area contributed by atoms with Crippen LogP contribution in [0.5, 0.6) is 0 Å². The van der Waals surface area contributed by atoms with E-state index in [9.17, 15) is 8.42 Å². The number of sulfonamides is 1. The van der Waals surface area contributed by atoms with Gasteiger partial charge in [-0.05, 0) is 30.5 Å². The van der Waals surface area contributed by atoms with Gasteiger partial charge in [0, 0.05) is 25.8 Å². The van der Waals surface area contributed by atoms with Gasteiger partial charge in [-0.2, -0.15) is 0 Å². The van der Waals surface area contributed by atoms with E-state index in [4.69, 9.17) is 10.5 Å². The van der Waals surface area contributed by atoms with Gasteiger partial charge in [0.2, 0.25) is 10.0 Å². The number of methoxy groups -OCH3 is 1. The molecular formula is C15H22N2O3S. The molecule has 3 N–H and O–H groups in total. The Bertz CT molecular complexity index is 630. The molecule has 21 heavy (non-hydrogen) atoms. The molecule has 0 aliphatic heterocycles. The van der Waals surface area contributed by atoms with Crippen molar-refractivity contribution < 1.29 is 13.2 Å². The highest BCUT2D eigenvalue weighted by atomic mass is 32.2. The monoisotopic (exact) mass is 310 g/mol. The fourth-order valence-electron chi connectivity index (χ4n) is 1.80. The Labute approximate surface area is 126 Å². The van der Waals surface area contributed by atoms with Crippen LogP contribution in [0.25, 0.3) is 0 Å². The van der Waals surface area contributed by atoms with Gasteiger partial charge < -0.3 is 10.5 Å². The maximum Gasteiger partial charge on any atom is 0.241 e. The average molecular weight is 310 g/mol. The molecule has 0 aliphatic carbocycles. The van der Waals surface area contributed by atoms with Crippen molar-refractivity contribution in [2.24, 2.45) is 11.7 Å². The van der Waals surface area contributed by atoms with Crippen LogP contribution in [-0.2, 0) is 14.8 Å². The van der Waals surface area contributed by atoms with Crippen LogP contribution >= 0.6 is 0 Å². The summed E-state index contributed by atoms with van der Waals surface area (Å²) in [5.74, 6) is 5.60. The third kappa shape index (κ3) is 5.48. The van der Waals surface area contributed by atoms with Crippen molar-refractivity contribution in [2.75, 3.05) is 26.8 Å². The maximum atomic E-state index is 12.4. The molecule has 0 amide bonds. The zero-order valence-electron chi connectivity index (χ0n) is 12.6. The van der Waals surface area contributed by atoms with E-state index in [1.165, 1.54) is 0 Å². The Morgan fingerprint density at radius 1 is 1.43 bits per heavy atom. The summed E-state index contributed by atoms with van der Waals surface area (Å²) >= 11 is 0. The average Bonchev–Trinajstić information content (AvgIpc) is 2.43. The topological polar surface area (TPSA) is 81.4 Å². The summed E-state index contributed by atoms with van der Waals surface area (Å²) in [7, 11) is -2.01. The minimum atomic E-state index is -3.60. The summed E-state index contributed by atoms with van der Waals surface area (Å²) in [6, 6.07) is 5.07. The van der Waals surface area contributed by atoms with Crippen LogP contribution in [0.15, 0.2) is 23.1 Å². The van der Waals surface area contributed by atoms with Crippen LogP contribution in [0.2, 0.25) is 0 Å². The van der Waals surface area contributed by atoms with E-state index in [2.05, 4.69) is 16.6 Å². The molecule has 1 atom stereocenters. The van der Waals surface area contributed by atoms with E-state index in [1.807, 2.05) is 13.8 Å². The largest absolute Gasteiger partial charge is 0.384 e. The van der Waals surface area contributed by atoms with Gasteiger partial charge in [-0.15, -0.1) is 0 Å². The van der Waals surface area contributed by atoms with E-state index in [0.29, 0.717) is 18.7 Å². The van der Waals surface area contributed by atoms with Gasteiger partial charge in [-0.1, -0.05) is 24.8 Å². The summed E-state index contributed by atoms with van der Waals surface area (Å²) in [5, 5.41) is 0. The summed E-state index contributed by atoms with van der Waals surface area (Å²) in [4.78, 5) is 0.179. The maximum absolute atomic E-state index is 12.4. The number of benzene rings is 1. The van der Waals surface area contributed by atoms with Crippen molar-refractivity contribution in [3.8, 4) is 11.8 Å². The molecule has 0 aromatic heterocycles. The van der Waals surface area contributed by atoms with Gasteiger partial charge in [0.1, 0.15) is 0 Å². The normalized spacial score (nSPS) is 12.6. The molecule has 0 saturated carbocycles. The van der Waals surface area contributed by atoms with Gasteiger partial charge in [0.15, 0.2) is 0 Å². The van der Waals surface area contributed by atoms with Crippen molar-refractivity contribution in [1.29, 1.82) is 0 Å². The van der Waals surface area contributed by atoms with Crippen LogP contribution in [0.3, 0.4) is 0 Å². The number of hydrogen-bond acceptors (Lipinski definition) is 4. The summed E-state index contributed by atoms with van der Waals surface area (Å²) < 4.78 is 32.4. The fraction of sp³-hybridized carbons (Fsp3) is 0.467. The Hall–Kier alpha value is -1.39. The molecule has 0 spiro atoms. The van der Waals surface area contributed by atoms with Crippen molar-refractivity contribution in [1.82, 2.24) is 4.72 Å². The summed E-state index contributed by atoms with van der Waals surface area (Å²) in [5.41, 5.74) is 6.77. The van der Waals surface area contributed by atoms with Gasteiger partial charge in [-0.3, -0.25) is 0 Å². The lowest BCUT2D eigenvalue weighted by molar-refractivity contribution is 0.161. The molecule has 1 aromatic rings. The molecule has 0 fully saturated rings. The van der Waals surface area contributed by atoms with E-state index in [1.54, 1.807) is 25.3 Å². The Morgan fingerprint density at radius 3 is 2.76 bits per heavy atom. The van der Waals surface area contributed by atoms with Gasteiger partial charge in [0.25, 0.3) is 0 Å². The van der Waals surface area contributed by atoms with Crippen molar-refractivity contribution in [2.45, 2.75) is 18.7 Å². The first-order chi connectivity index (χ1) is 9.90. The van der Waals surface area contributed by atoms with Gasteiger partial charge in [-0.25, -0.2) is 13.1 Å². The number of hydrogen-bond donors (Lipinski definition) is 2. The molecule has 1 aromatic carbocycles. The van der Waals surface area contributed by atoms with Crippen molar-refractivity contribution >= 4 is 10.0 Å². The quantitative estimate of drug-likeness (QED) is 0.764. The molecule has 0 radical (unpaired) electrons. The molecule has 0 aliphatic rings. The highest BCUT2D eigenvalue weighted by Crippen LogP contribution is 2.16. The summed E-state index contributed by atoms with van der Waals surface area (Å²) in [6.07, 6.45) is 0. The number of ether oxygens (including phenoxy) is 1. The molecular weight excluding hydrogens is 288 g/mol. The lowest BCUT2D eigenvalue weighted by Crippen LogP contribution is -2.30. The zero-order valence-corrected chi connectivity index (χ0v) is 13.5. The second-order valence-corrected chi connectivity index (χ2v) is 6.65. The fourth-order valence-corrected chi connectivity index (χ4v) is 3.10. The lowest BCUT2D eigenvalue weighted by atomic mass is 10.1. The van der Waals surface area contributed by atoms with E-state index in [-0.39, 0.29) is 17.4 Å². The molecule has 0 bridgehead atoms. The highest BCUT2D eigenvalue weighted by molar-refractivity contribution is 7.89. The first-order valence-corrected chi connectivity index (χ1v) is 8.17. The molecule has 116 valence electrons. The van der Waals surface area contributed by atoms with Crippen LogP contribution in [0.1, 0.15) is 18.1 Å². The second-order valence-electron chi connectivity index (χ2n) is 4.92. The Morgan fingerprint density at radius 2 is 2.14 bits per heavy atom. The lowest BCUT2D eigenvalue weighted by Gasteiger charge is -2.13. The predicted molar refractivity (Wildman–Crippen MR) is 83.3 cm³/mol. The van der Waals surface area contributed by atoms with Crippen molar-refractivity contribution in [3.63, 3.8) is 0 Å². The van der Waals surface area contributed by atoms with Gasteiger partial charge >= 0.3 is 0 Å². The molecule has 0 heterocycles. The van der Waals surface area contributed by atoms with Crippen molar-refractivity contribution in [3.05, 3.63) is 29.3 Å².